The lowest BCUT2D eigenvalue weighted by molar-refractivity contribution is -0.119. The first-order chi connectivity index (χ1) is 16.9. The monoisotopic (exact) mass is 478 g/mol. The van der Waals surface area contributed by atoms with E-state index in [1.807, 2.05) is 13.2 Å². The van der Waals surface area contributed by atoms with Crippen LogP contribution in [-0.4, -0.2) is 62.4 Å². The predicted octanol–water partition coefficient (Wildman–Crippen LogP) is 2.39. The Labute approximate surface area is 199 Å². The van der Waals surface area contributed by atoms with Gasteiger partial charge in [0.1, 0.15) is 11.3 Å². The van der Waals surface area contributed by atoms with Crippen molar-refractivity contribution in [1.29, 1.82) is 0 Å². The summed E-state index contributed by atoms with van der Waals surface area (Å²) in [5.41, 5.74) is 2.36. The highest BCUT2D eigenvalue weighted by Crippen LogP contribution is 2.36. The molecule has 3 aromatic heterocycles. The van der Waals surface area contributed by atoms with Crippen molar-refractivity contribution in [3.05, 3.63) is 42.7 Å². The zero-order valence-electron chi connectivity index (χ0n) is 19.4. The summed E-state index contributed by atoms with van der Waals surface area (Å²) in [6.07, 6.45) is 7.68. The Kier molecular flexibility index (Phi) is 5.85. The lowest BCUT2D eigenvalue weighted by Gasteiger charge is -2.27. The number of carbonyl (C=O) groups excluding carboxylic acids is 1. The number of amides is 1. The number of aryl methyl sites for hydroxylation is 1. The normalized spacial score (nSPS) is 15.3. The van der Waals surface area contributed by atoms with Gasteiger partial charge in [-0.3, -0.25) is 9.48 Å². The number of halogens is 1. The van der Waals surface area contributed by atoms with Crippen molar-refractivity contribution in [3.8, 4) is 22.8 Å². The molecule has 35 heavy (non-hydrogen) atoms. The number of carbonyl (C=O) groups is 1. The van der Waals surface area contributed by atoms with Gasteiger partial charge in [0, 0.05) is 49.9 Å². The van der Waals surface area contributed by atoms with E-state index in [0.29, 0.717) is 35.4 Å². The van der Waals surface area contributed by atoms with Crippen LogP contribution < -0.4 is 19.7 Å². The summed E-state index contributed by atoms with van der Waals surface area (Å²) in [5.74, 6) is -0.0375. The van der Waals surface area contributed by atoms with E-state index < -0.39 is 5.82 Å². The molecule has 0 saturated carbocycles. The molecule has 11 nitrogen and oxygen atoms in total. The Balaban J connectivity index is 1.61. The molecule has 1 aromatic carbocycles. The van der Waals surface area contributed by atoms with Gasteiger partial charge in [-0.2, -0.15) is 10.1 Å². The van der Waals surface area contributed by atoms with Crippen molar-refractivity contribution in [1.82, 2.24) is 35.0 Å². The van der Waals surface area contributed by atoms with E-state index in [2.05, 4.69) is 30.4 Å². The number of methoxy groups -OCH3 is 2. The van der Waals surface area contributed by atoms with Crippen molar-refractivity contribution < 1.29 is 18.7 Å². The Morgan fingerprint density at radius 2 is 2.03 bits per heavy atom. The summed E-state index contributed by atoms with van der Waals surface area (Å²) in [4.78, 5) is 31.5. The molecule has 0 radical (unpaired) electrons. The number of fused-ring (bicyclic) bond motifs is 1. The van der Waals surface area contributed by atoms with E-state index in [0.717, 1.165) is 5.56 Å². The van der Waals surface area contributed by atoms with Crippen LogP contribution in [0.2, 0.25) is 0 Å². The van der Waals surface area contributed by atoms with Crippen LogP contribution in [0.25, 0.3) is 22.4 Å². The molecule has 12 heteroatoms. The van der Waals surface area contributed by atoms with Gasteiger partial charge in [-0.05, 0) is 6.42 Å². The predicted molar refractivity (Wildman–Crippen MR) is 125 cm³/mol. The Bertz CT molecular complexity index is 1410. The molecule has 1 aliphatic heterocycles. The summed E-state index contributed by atoms with van der Waals surface area (Å²) in [6, 6.07) is 2.78. The third-order valence-corrected chi connectivity index (χ3v) is 5.76. The molecule has 1 fully saturated rings. The van der Waals surface area contributed by atoms with Crippen LogP contribution in [0, 0.1) is 5.82 Å². The number of ether oxygens (including phenoxy) is 2. The van der Waals surface area contributed by atoms with Crippen LogP contribution in [0.5, 0.6) is 11.5 Å². The summed E-state index contributed by atoms with van der Waals surface area (Å²) in [7, 11) is 4.68. The first-order valence-electron chi connectivity index (χ1n) is 10.9. The van der Waals surface area contributed by atoms with Crippen LogP contribution in [0.15, 0.2) is 36.9 Å². The Morgan fingerprint density at radius 3 is 2.71 bits per heavy atom. The zero-order chi connectivity index (χ0) is 24.5. The highest BCUT2D eigenvalue weighted by molar-refractivity contribution is 5.79. The molecular weight excluding hydrogens is 455 g/mol. The fourth-order valence-corrected chi connectivity index (χ4v) is 3.97. The number of benzene rings is 1. The van der Waals surface area contributed by atoms with Crippen molar-refractivity contribution in [2.45, 2.75) is 18.9 Å². The largest absolute Gasteiger partial charge is 0.497 e. The number of hydrogen-bond donors (Lipinski definition) is 1. The number of hydrogen-bond acceptors (Lipinski definition) is 9. The maximum atomic E-state index is 15.5. The van der Waals surface area contributed by atoms with E-state index in [1.165, 1.54) is 26.5 Å². The molecule has 1 aliphatic rings. The number of rotatable bonds is 7. The van der Waals surface area contributed by atoms with Gasteiger partial charge in [0.15, 0.2) is 17.2 Å². The summed E-state index contributed by atoms with van der Waals surface area (Å²) in [6.45, 7) is 0.236. The first kappa shape index (κ1) is 22.4. The van der Waals surface area contributed by atoms with E-state index in [-0.39, 0.29) is 35.9 Å². The van der Waals surface area contributed by atoms with Crippen molar-refractivity contribution in [2.75, 3.05) is 25.7 Å². The highest BCUT2D eigenvalue weighted by atomic mass is 19.1. The van der Waals surface area contributed by atoms with E-state index in [9.17, 15) is 4.79 Å². The second-order valence-electron chi connectivity index (χ2n) is 8.11. The number of anilines is 2. The lowest BCUT2D eigenvalue weighted by Crippen LogP contribution is -2.37. The van der Waals surface area contributed by atoms with Gasteiger partial charge in [0.2, 0.25) is 11.9 Å². The average molecular weight is 478 g/mol. The molecule has 0 bridgehead atoms. The summed E-state index contributed by atoms with van der Waals surface area (Å²) in [5, 5.41) is 7.08. The zero-order valence-corrected chi connectivity index (χ0v) is 19.4. The van der Waals surface area contributed by atoms with Crippen LogP contribution in [0.3, 0.4) is 0 Å². The maximum Gasteiger partial charge on any atom is 0.232 e. The molecule has 1 atom stereocenters. The van der Waals surface area contributed by atoms with Crippen LogP contribution in [0.1, 0.15) is 12.8 Å². The molecule has 1 amide bonds. The van der Waals surface area contributed by atoms with Gasteiger partial charge in [0.05, 0.1) is 44.2 Å². The average Bonchev–Trinajstić information content (AvgIpc) is 3.50. The first-order valence-corrected chi connectivity index (χ1v) is 10.9. The SMILES string of the molecule is COc1cc(OC)c(F)c(N(C[C@H]2CCC(=O)N2)c2ncc3ncc(-c4cnn(C)c4)nc3n2)c1. The minimum absolute atomic E-state index is 0.0132. The van der Waals surface area contributed by atoms with Gasteiger partial charge >= 0.3 is 0 Å². The van der Waals surface area contributed by atoms with E-state index in [4.69, 9.17) is 9.47 Å². The Morgan fingerprint density at radius 1 is 1.17 bits per heavy atom. The molecular formula is C23H23FN8O3. The number of nitrogens with one attached hydrogen (secondary N) is 1. The van der Waals surface area contributed by atoms with Gasteiger partial charge in [0.25, 0.3) is 0 Å². The second-order valence-corrected chi connectivity index (χ2v) is 8.11. The molecule has 5 rings (SSSR count). The second kappa shape index (κ2) is 9.12. The minimum atomic E-state index is -0.600. The minimum Gasteiger partial charge on any atom is -0.497 e. The van der Waals surface area contributed by atoms with E-state index >= 15 is 4.39 Å². The van der Waals surface area contributed by atoms with Gasteiger partial charge in [-0.25, -0.2) is 19.3 Å². The molecule has 1 saturated heterocycles. The fourth-order valence-electron chi connectivity index (χ4n) is 3.97. The Hall–Kier alpha value is -4.35. The van der Waals surface area contributed by atoms with Crippen LogP contribution >= 0.6 is 0 Å². The van der Waals surface area contributed by atoms with Gasteiger partial charge in [-0.15, -0.1) is 0 Å². The van der Waals surface area contributed by atoms with E-state index in [1.54, 1.807) is 28.0 Å². The molecule has 4 aromatic rings. The van der Waals surface area contributed by atoms with Crippen LogP contribution in [-0.2, 0) is 11.8 Å². The van der Waals surface area contributed by atoms with Crippen molar-refractivity contribution in [2.24, 2.45) is 7.05 Å². The fraction of sp³-hybridized carbons (Fsp3) is 0.304. The lowest BCUT2D eigenvalue weighted by atomic mass is 10.2. The number of nitrogens with zero attached hydrogens (tertiary/aromatic N) is 7. The molecule has 4 heterocycles. The summed E-state index contributed by atoms with van der Waals surface area (Å²) >= 11 is 0. The molecule has 1 N–H and O–H groups in total. The van der Waals surface area contributed by atoms with Gasteiger partial charge in [-0.1, -0.05) is 0 Å². The highest BCUT2D eigenvalue weighted by Gasteiger charge is 2.28. The topological polar surface area (TPSA) is 120 Å². The smallest absolute Gasteiger partial charge is 0.232 e. The molecule has 0 spiro atoms. The number of aromatic nitrogens is 6. The maximum absolute atomic E-state index is 15.5. The molecule has 0 unspecified atom stereocenters. The van der Waals surface area contributed by atoms with Gasteiger partial charge < -0.3 is 19.7 Å². The third-order valence-electron chi connectivity index (χ3n) is 5.76. The van der Waals surface area contributed by atoms with Crippen molar-refractivity contribution >= 4 is 28.7 Å². The standard InChI is InChI=1S/C23H23FN8O3/c1-31-11-13(8-27-31)16-9-25-17-10-26-23(30-22(17)29-16)32(12-14-4-5-20(33)28-14)18-6-15(34-2)7-19(35-3)21(18)24/h6-11,14H,4-5,12H2,1-3H3,(H,28,33)/t14-/m1/s1. The molecule has 180 valence electrons. The quantitative estimate of drug-likeness (QED) is 0.427. The van der Waals surface area contributed by atoms with Crippen LogP contribution in [0.4, 0.5) is 16.0 Å². The van der Waals surface area contributed by atoms with Crippen molar-refractivity contribution in [3.63, 3.8) is 0 Å². The summed E-state index contributed by atoms with van der Waals surface area (Å²) < 4.78 is 27.7. The molecule has 0 aliphatic carbocycles. The third kappa shape index (κ3) is 4.42.